The predicted octanol–water partition coefficient (Wildman–Crippen LogP) is 3.53. The molecule has 2 aromatic carbocycles. The molecule has 0 spiro atoms. The summed E-state index contributed by atoms with van der Waals surface area (Å²) in [5.41, 5.74) is 2.54. The first-order chi connectivity index (χ1) is 14.4. The maximum absolute atomic E-state index is 12.7. The quantitative estimate of drug-likeness (QED) is 0.776. The summed E-state index contributed by atoms with van der Waals surface area (Å²) in [6.07, 6.45) is 1.06. The number of amides is 1. The number of carbonyl (C=O) groups is 1. The summed E-state index contributed by atoms with van der Waals surface area (Å²) in [5.74, 6) is 1.16. The molecule has 1 atom stereocenters. The number of benzene rings is 1. The van der Waals surface area contributed by atoms with Crippen LogP contribution in [0.5, 0.6) is 23.0 Å². The van der Waals surface area contributed by atoms with E-state index in [-0.39, 0.29) is 17.1 Å². The summed E-state index contributed by atoms with van der Waals surface area (Å²) in [5, 5.41) is 3.34. The molecule has 160 valence electrons. The van der Waals surface area contributed by atoms with E-state index in [4.69, 9.17) is 30.5 Å². The molecule has 0 fully saturated rings. The van der Waals surface area contributed by atoms with Crippen LogP contribution in [0.1, 0.15) is 30.5 Å². The summed E-state index contributed by atoms with van der Waals surface area (Å²) < 4.78 is 22.0. The smallest absolute Gasteiger partial charge is 0.220 e. The van der Waals surface area contributed by atoms with Gasteiger partial charge in [-0.15, -0.1) is 0 Å². The van der Waals surface area contributed by atoms with Crippen LogP contribution in [-0.2, 0) is 11.2 Å². The average Bonchev–Trinajstić information content (AvgIpc) is 2.96. The number of rotatable bonds is 5. The van der Waals surface area contributed by atoms with Crippen LogP contribution in [0.25, 0.3) is 11.1 Å². The lowest BCUT2D eigenvalue weighted by Gasteiger charge is -2.21. The highest BCUT2D eigenvalue weighted by Gasteiger charge is 2.32. The maximum Gasteiger partial charge on any atom is 0.220 e. The van der Waals surface area contributed by atoms with Crippen molar-refractivity contribution in [1.29, 1.82) is 0 Å². The van der Waals surface area contributed by atoms with Crippen LogP contribution in [0.3, 0.4) is 0 Å². The second-order valence-corrected chi connectivity index (χ2v) is 7.22. The van der Waals surface area contributed by atoms with E-state index in [2.05, 4.69) is 5.32 Å². The molecule has 0 aliphatic heterocycles. The van der Waals surface area contributed by atoms with Gasteiger partial charge >= 0.3 is 0 Å². The second-order valence-electron chi connectivity index (χ2n) is 6.84. The Labute approximate surface area is 179 Å². The Hall–Kier alpha value is -2.93. The van der Waals surface area contributed by atoms with E-state index in [1.165, 1.54) is 41.4 Å². The third-order valence-corrected chi connectivity index (χ3v) is 5.58. The minimum atomic E-state index is -0.396. The molecule has 0 heterocycles. The van der Waals surface area contributed by atoms with E-state index in [0.29, 0.717) is 51.8 Å². The average molecular weight is 434 g/mol. The van der Waals surface area contributed by atoms with E-state index < -0.39 is 6.04 Å². The van der Waals surface area contributed by atoms with Crippen molar-refractivity contribution < 1.29 is 23.7 Å². The standard InChI is InChI=1S/C22H24ClNO6/c1-11(25)24-15-8-6-13-18(12-7-9-17(27-2)16(26)10-14(12)15)20(28-3)22(30-5)21(29-4)19(13)23/h7,9-10,15H,6,8H2,1-5H3,(H,24,25)/t15-/m0/s1. The van der Waals surface area contributed by atoms with Gasteiger partial charge < -0.3 is 24.3 Å². The van der Waals surface area contributed by atoms with Gasteiger partial charge in [0.1, 0.15) is 0 Å². The summed E-state index contributed by atoms with van der Waals surface area (Å²) in [7, 11) is 5.98. The molecule has 1 aliphatic rings. The highest BCUT2D eigenvalue weighted by atomic mass is 35.5. The Morgan fingerprint density at radius 2 is 1.70 bits per heavy atom. The molecular formula is C22H24ClNO6. The zero-order chi connectivity index (χ0) is 22.0. The van der Waals surface area contributed by atoms with Gasteiger partial charge in [0.2, 0.25) is 17.1 Å². The summed E-state index contributed by atoms with van der Waals surface area (Å²) in [6, 6.07) is 4.48. The highest BCUT2D eigenvalue weighted by molar-refractivity contribution is 6.34. The van der Waals surface area contributed by atoms with Gasteiger partial charge in [0.05, 0.1) is 39.5 Å². The zero-order valence-corrected chi connectivity index (χ0v) is 18.3. The molecule has 30 heavy (non-hydrogen) atoms. The monoisotopic (exact) mass is 433 g/mol. The first-order valence-electron chi connectivity index (χ1n) is 9.37. The van der Waals surface area contributed by atoms with Gasteiger partial charge in [0, 0.05) is 12.5 Å². The van der Waals surface area contributed by atoms with Crippen molar-refractivity contribution in [3.63, 3.8) is 0 Å². The Bertz CT molecular complexity index is 1050. The Morgan fingerprint density at radius 3 is 2.27 bits per heavy atom. The molecule has 1 amide bonds. The first-order valence-corrected chi connectivity index (χ1v) is 9.75. The lowest BCUT2D eigenvalue weighted by molar-refractivity contribution is -0.119. The van der Waals surface area contributed by atoms with Gasteiger partial charge in [0.25, 0.3) is 0 Å². The summed E-state index contributed by atoms with van der Waals surface area (Å²) >= 11 is 6.72. The van der Waals surface area contributed by atoms with Crippen LogP contribution in [0, 0.1) is 0 Å². The van der Waals surface area contributed by atoms with Crippen molar-refractivity contribution in [2.45, 2.75) is 25.8 Å². The molecule has 1 N–H and O–H groups in total. The van der Waals surface area contributed by atoms with Gasteiger partial charge in [-0.05, 0) is 41.7 Å². The predicted molar refractivity (Wildman–Crippen MR) is 114 cm³/mol. The number of carbonyl (C=O) groups excluding carboxylic acids is 1. The Balaban J connectivity index is 2.47. The molecule has 0 unspecified atom stereocenters. The van der Waals surface area contributed by atoms with Gasteiger partial charge in [-0.3, -0.25) is 9.59 Å². The topological polar surface area (TPSA) is 83.1 Å². The van der Waals surface area contributed by atoms with Crippen molar-refractivity contribution >= 4 is 17.5 Å². The third-order valence-electron chi connectivity index (χ3n) is 5.18. The summed E-state index contributed by atoms with van der Waals surface area (Å²) in [6.45, 7) is 1.44. The molecule has 0 aromatic heterocycles. The SMILES string of the molecule is COc1c(Cl)c2c(c(OC)c1OC)-c1ccc(OC)c(=O)cc1[C@@H](NC(C)=O)CC2. The number of ether oxygens (including phenoxy) is 4. The van der Waals surface area contributed by atoms with Crippen LogP contribution in [0.15, 0.2) is 23.0 Å². The number of hydrogen-bond acceptors (Lipinski definition) is 6. The minimum absolute atomic E-state index is 0.191. The molecule has 8 heteroatoms. The van der Waals surface area contributed by atoms with Crippen LogP contribution in [0.4, 0.5) is 0 Å². The van der Waals surface area contributed by atoms with Crippen molar-refractivity contribution in [1.82, 2.24) is 5.32 Å². The number of nitrogens with one attached hydrogen (secondary N) is 1. The first kappa shape index (κ1) is 21.8. The molecule has 1 aliphatic carbocycles. The van der Waals surface area contributed by atoms with Gasteiger partial charge in [-0.25, -0.2) is 0 Å². The zero-order valence-electron chi connectivity index (χ0n) is 17.6. The van der Waals surface area contributed by atoms with Crippen LogP contribution < -0.4 is 29.7 Å². The maximum atomic E-state index is 12.7. The van der Waals surface area contributed by atoms with Gasteiger partial charge in [-0.2, -0.15) is 0 Å². The molecule has 2 aromatic rings. The van der Waals surface area contributed by atoms with Crippen LogP contribution in [0.2, 0.25) is 5.02 Å². The van der Waals surface area contributed by atoms with E-state index in [0.717, 1.165) is 5.56 Å². The fourth-order valence-electron chi connectivity index (χ4n) is 3.93. The molecule has 0 radical (unpaired) electrons. The lowest BCUT2D eigenvalue weighted by atomic mass is 9.95. The molecular weight excluding hydrogens is 410 g/mol. The molecule has 0 bridgehead atoms. The normalized spacial score (nSPS) is 14.7. The minimum Gasteiger partial charge on any atom is -0.493 e. The van der Waals surface area contributed by atoms with E-state index in [1.54, 1.807) is 12.1 Å². The number of fused-ring (bicyclic) bond motifs is 3. The lowest BCUT2D eigenvalue weighted by Crippen LogP contribution is -2.26. The molecule has 7 nitrogen and oxygen atoms in total. The van der Waals surface area contributed by atoms with Crippen molar-refractivity contribution in [3.8, 4) is 34.1 Å². The van der Waals surface area contributed by atoms with E-state index in [9.17, 15) is 9.59 Å². The van der Waals surface area contributed by atoms with Crippen LogP contribution >= 0.6 is 11.6 Å². The van der Waals surface area contributed by atoms with Crippen molar-refractivity contribution in [2.24, 2.45) is 0 Å². The molecule has 0 saturated heterocycles. The fourth-order valence-corrected chi connectivity index (χ4v) is 4.29. The number of hydrogen-bond donors (Lipinski definition) is 1. The van der Waals surface area contributed by atoms with Crippen molar-refractivity contribution in [3.05, 3.63) is 44.6 Å². The second kappa shape index (κ2) is 8.83. The van der Waals surface area contributed by atoms with Gasteiger partial charge in [-0.1, -0.05) is 17.7 Å². The fraction of sp³-hybridized carbons (Fsp3) is 0.364. The van der Waals surface area contributed by atoms with E-state index >= 15 is 0 Å². The molecule has 3 rings (SSSR count). The van der Waals surface area contributed by atoms with E-state index in [1.807, 2.05) is 0 Å². The Kier molecular flexibility index (Phi) is 6.41. The molecule has 0 saturated carbocycles. The van der Waals surface area contributed by atoms with Crippen molar-refractivity contribution in [2.75, 3.05) is 28.4 Å². The summed E-state index contributed by atoms with van der Waals surface area (Å²) in [4.78, 5) is 24.6. The highest BCUT2D eigenvalue weighted by Crippen LogP contribution is 2.54. The number of halogens is 1. The number of methoxy groups -OCH3 is 4. The third kappa shape index (κ3) is 3.65. The largest absolute Gasteiger partial charge is 0.493 e. The Morgan fingerprint density at radius 1 is 1.03 bits per heavy atom. The van der Waals surface area contributed by atoms with Gasteiger partial charge in [0.15, 0.2) is 17.2 Å². The van der Waals surface area contributed by atoms with Crippen LogP contribution in [-0.4, -0.2) is 34.3 Å².